The van der Waals surface area contributed by atoms with Gasteiger partial charge in [-0.1, -0.05) is 24.3 Å². The van der Waals surface area contributed by atoms with Gasteiger partial charge in [-0.15, -0.1) is 24.0 Å². The Morgan fingerprint density at radius 3 is 2.72 bits per heavy atom. The summed E-state index contributed by atoms with van der Waals surface area (Å²) < 4.78 is 0. The molecule has 0 saturated carbocycles. The van der Waals surface area contributed by atoms with Crippen LogP contribution < -0.4 is 15.5 Å². The van der Waals surface area contributed by atoms with E-state index in [0.29, 0.717) is 6.54 Å². The number of benzene rings is 1. The van der Waals surface area contributed by atoms with Crippen molar-refractivity contribution in [1.29, 1.82) is 0 Å². The third-order valence-corrected chi connectivity index (χ3v) is 4.62. The molecule has 0 aliphatic carbocycles. The van der Waals surface area contributed by atoms with Crippen molar-refractivity contribution in [3.8, 4) is 0 Å². The molecule has 0 atom stereocenters. The molecule has 1 aromatic carbocycles. The van der Waals surface area contributed by atoms with Crippen LogP contribution in [0.4, 0.5) is 5.69 Å². The number of hydrogen-bond acceptors (Lipinski definition) is 3. The van der Waals surface area contributed by atoms with Crippen molar-refractivity contribution in [3.63, 3.8) is 0 Å². The minimum absolute atomic E-state index is 0. The topological polar surface area (TPSA) is 39.7 Å². The molecule has 0 amide bonds. The number of nitrogens with zero attached hydrogens (tertiary/aromatic N) is 2. The summed E-state index contributed by atoms with van der Waals surface area (Å²) in [5.41, 5.74) is 2.53. The quantitative estimate of drug-likeness (QED) is 0.187. The van der Waals surface area contributed by atoms with Gasteiger partial charge >= 0.3 is 0 Å². The maximum Gasteiger partial charge on any atom is 0.191 e. The Morgan fingerprint density at radius 2 is 2.00 bits per heavy atom. The lowest BCUT2D eigenvalue weighted by Gasteiger charge is -2.18. The number of aliphatic imine (C=N–C) groups is 1. The van der Waals surface area contributed by atoms with E-state index < -0.39 is 0 Å². The molecule has 1 heterocycles. The molecule has 0 aromatic heterocycles. The normalized spacial score (nSPS) is 13.7. The van der Waals surface area contributed by atoms with Crippen LogP contribution in [0.3, 0.4) is 0 Å². The van der Waals surface area contributed by atoms with Crippen LogP contribution in [0.25, 0.3) is 0 Å². The second kappa shape index (κ2) is 13.3. The van der Waals surface area contributed by atoms with E-state index in [1.54, 1.807) is 0 Å². The van der Waals surface area contributed by atoms with E-state index in [1.807, 2.05) is 11.8 Å². The Labute approximate surface area is 174 Å². The molecule has 140 valence electrons. The third kappa shape index (κ3) is 8.35. The summed E-state index contributed by atoms with van der Waals surface area (Å²) >= 11 is 1.91. The highest BCUT2D eigenvalue weighted by Gasteiger charge is 2.07. The number of nitrogens with one attached hydrogen (secondary N) is 2. The summed E-state index contributed by atoms with van der Waals surface area (Å²) in [6.45, 7) is 6.68. The van der Waals surface area contributed by atoms with E-state index in [-0.39, 0.29) is 24.0 Å². The van der Waals surface area contributed by atoms with E-state index >= 15 is 0 Å². The minimum atomic E-state index is 0. The zero-order valence-electron chi connectivity index (χ0n) is 15.3. The number of halogens is 1. The van der Waals surface area contributed by atoms with Crippen LogP contribution in [0.15, 0.2) is 41.4 Å². The molecular weight excluding hydrogens is 443 g/mol. The fourth-order valence-electron chi connectivity index (χ4n) is 2.63. The molecule has 0 unspecified atom stereocenters. The van der Waals surface area contributed by atoms with Crippen molar-refractivity contribution >= 4 is 47.4 Å². The number of guanidine groups is 1. The predicted octanol–water partition coefficient (Wildman–Crippen LogP) is 3.88. The molecule has 0 radical (unpaired) electrons. The molecule has 0 spiro atoms. The third-order valence-electron chi connectivity index (χ3n) is 3.93. The monoisotopic (exact) mass is 474 g/mol. The summed E-state index contributed by atoms with van der Waals surface area (Å²) in [5, 5.41) is 6.76. The van der Waals surface area contributed by atoms with Crippen molar-refractivity contribution in [3.05, 3.63) is 42.0 Å². The average Bonchev–Trinajstić information content (AvgIpc) is 3.14. The van der Waals surface area contributed by atoms with Crippen LogP contribution in [0.2, 0.25) is 0 Å². The second-order valence-electron chi connectivity index (χ2n) is 5.87. The largest absolute Gasteiger partial charge is 0.364 e. The molecule has 1 aliphatic heterocycles. The molecule has 1 aromatic rings. The SMILES string of the molecule is CCNC(=NCc1cccc(N2CC=CC2)c1)NCCCCSC.I. The van der Waals surface area contributed by atoms with Gasteiger partial charge in [0.2, 0.25) is 0 Å². The van der Waals surface area contributed by atoms with E-state index in [9.17, 15) is 0 Å². The van der Waals surface area contributed by atoms with Gasteiger partial charge in [-0.2, -0.15) is 11.8 Å². The summed E-state index contributed by atoms with van der Waals surface area (Å²) in [7, 11) is 0. The van der Waals surface area contributed by atoms with Crippen LogP contribution >= 0.6 is 35.7 Å². The zero-order chi connectivity index (χ0) is 17.0. The van der Waals surface area contributed by atoms with Crippen LogP contribution in [0.5, 0.6) is 0 Å². The van der Waals surface area contributed by atoms with Gasteiger partial charge in [-0.25, -0.2) is 4.99 Å². The van der Waals surface area contributed by atoms with Crippen molar-refractivity contribution in [2.45, 2.75) is 26.3 Å². The first-order valence-corrected chi connectivity index (χ1v) is 10.2. The maximum atomic E-state index is 4.72. The van der Waals surface area contributed by atoms with E-state index in [1.165, 1.54) is 29.8 Å². The van der Waals surface area contributed by atoms with Gasteiger partial charge in [0.25, 0.3) is 0 Å². The van der Waals surface area contributed by atoms with Gasteiger partial charge in [-0.3, -0.25) is 0 Å². The molecule has 0 saturated heterocycles. The van der Waals surface area contributed by atoms with Crippen LogP contribution in [0, 0.1) is 0 Å². The smallest absolute Gasteiger partial charge is 0.191 e. The molecule has 1 aliphatic rings. The summed E-state index contributed by atoms with van der Waals surface area (Å²) in [5.74, 6) is 2.14. The lowest BCUT2D eigenvalue weighted by atomic mass is 10.2. The predicted molar refractivity (Wildman–Crippen MR) is 124 cm³/mol. The summed E-state index contributed by atoms with van der Waals surface area (Å²) in [4.78, 5) is 7.09. The first-order valence-electron chi connectivity index (χ1n) is 8.83. The zero-order valence-corrected chi connectivity index (χ0v) is 18.5. The number of thioether (sulfide) groups is 1. The highest BCUT2D eigenvalue weighted by Crippen LogP contribution is 2.18. The van der Waals surface area contributed by atoms with Crippen LogP contribution in [-0.4, -0.2) is 44.1 Å². The second-order valence-corrected chi connectivity index (χ2v) is 6.85. The maximum absolute atomic E-state index is 4.72. The Morgan fingerprint density at radius 1 is 1.20 bits per heavy atom. The van der Waals surface area contributed by atoms with Crippen molar-refractivity contribution < 1.29 is 0 Å². The van der Waals surface area contributed by atoms with Gasteiger partial charge in [0.1, 0.15) is 0 Å². The first kappa shape index (κ1) is 22.2. The number of rotatable bonds is 9. The summed E-state index contributed by atoms with van der Waals surface area (Å²) in [6, 6.07) is 8.70. The number of hydrogen-bond donors (Lipinski definition) is 2. The lowest BCUT2D eigenvalue weighted by molar-refractivity contribution is 0.734. The lowest BCUT2D eigenvalue weighted by Crippen LogP contribution is -2.37. The standard InChI is InChI=1S/C19H30N4S.HI/c1-3-20-19(21-11-4-7-14-24-2)22-16-17-9-8-10-18(15-17)23-12-5-6-13-23;/h5-6,8-10,15H,3-4,7,11-14,16H2,1-2H3,(H2,20,21,22);1H. The molecule has 2 rings (SSSR count). The van der Waals surface area contributed by atoms with Crippen molar-refractivity contribution in [2.24, 2.45) is 4.99 Å². The van der Waals surface area contributed by atoms with Gasteiger partial charge in [0.15, 0.2) is 5.96 Å². The summed E-state index contributed by atoms with van der Waals surface area (Å²) in [6.07, 6.45) is 9.03. The minimum Gasteiger partial charge on any atom is -0.364 e. The van der Waals surface area contributed by atoms with Gasteiger partial charge in [0, 0.05) is 31.9 Å². The first-order chi connectivity index (χ1) is 11.8. The number of anilines is 1. The average molecular weight is 474 g/mol. The van der Waals surface area contributed by atoms with E-state index in [2.05, 4.69) is 65.1 Å². The highest BCUT2D eigenvalue weighted by molar-refractivity contribution is 14.0. The molecule has 0 bridgehead atoms. The Hall–Kier alpha value is -0.890. The molecule has 2 N–H and O–H groups in total. The molecule has 4 nitrogen and oxygen atoms in total. The fraction of sp³-hybridized carbons (Fsp3) is 0.526. The molecule has 6 heteroatoms. The van der Waals surface area contributed by atoms with Crippen molar-refractivity contribution in [2.75, 3.05) is 43.1 Å². The van der Waals surface area contributed by atoms with Gasteiger partial charge in [0.05, 0.1) is 6.54 Å². The molecular formula is C19H31IN4S. The van der Waals surface area contributed by atoms with Crippen LogP contribution in [0.1, 0.15) is 25.3 Å². The number of unbranched alkanes of at least 4 members (excludes halogenated alkanes) is 1. The Balaban J connectivity index is 0.00000312. The van der Waals surface area contributed by atoms with Crippen LogP contribution in [-0.2, 0) is 6.54 Å². The molecule has 25 heavy (non-hydrogen) atoms. The Kier molecular flexibility index (Phi) is 11.8. The van der Waals surface area contributed by atoms with E-state index in [4.69, 9.17) is 4.99 Å². The Bertz CT molecular complexity index is 540. The van der Waals surface area contributed by atoms with Gasteiger partial charge < -0.3 is 15.5 Å². The molecule has 0 fully saturated rings. The highest BCUT2D eigenvalue weighted by atomic mass is 127. The van der Waals surface area contributed by atoms with E-state index in [0.717, 1.165) is 32.1 Å². The fourth-order valence-corrected chi connectivity index (χ4v) is 3.12. The van der Waals surface area contributed by atoms with Crippen molar-refractivity contribution in [1.82, 2.24) is 10.6 Å². The van der Waals surface area contributed by atoms with Gasteiger partial charge in [-0.05, 0) is 49.5 Å².